The van der Waals surface area contributed by atoms with Crippen molar-refractivity contribution in [1.29, 1.82) is 0 Å². The second kappa shape index (κ2) is 6.08. The molecule has 5 heteroatoms. The van der Waals surface area contributed by atoms with Gasteiger partial charge in [0.1, 0.15) is 5.75 Å². The van der Waals surface area contributed by atoms with Crippen LogP contribution in [0.15, 0.2) is 35.7 Å². The molecule has 2 aromatic rings. The highest BCUT2D eigenvalue weighted by Gasteiger charge is 2.16. The molecule has 2 rings (SSSR count). The Morgan fingerprint density at radius 1 is 1.42 bits per heavy atom. The van der Waals surface area contributed by atoms with E-state index in [0.717, 1.165) is 6.42 Å². The van der Waals surface area contributed by atoms with Gasteiger partial charge in [0.2, 0.25) is 0 Å². The molecule has 0 radical (unpaired) electrons. The van der Waals surface area contributed by atoms with Gasteiger partial charge in [-0.25, -0.2) is 0 Å². The van der Waals surface area contributed by atoms with Gasteiger partial charge in [-0.1, -0.05) is 17.7 Å². The molecule has 0 fully saturated rings. The second-order valence-electron chi connectivity index (χ2n) is 4.22. The normalized spacial score (nSPS) is 10.4. The number of rotatable bonds is 4. The van der Waals surface area contributed by atoms with Crippen LogP contribution in [-0.4, -0.2) is 29.5 Å². The molecule has 0 saturated heterocycles. The minimum atomic E-state index is -0.225. The van der Waals surface area contributed by atoms with Crippen molar-refractivity contribution in [3.05, 3.63) is 51.2 Å². The van der Waals surface area contributed by atoms with E-state index in [4.69, 9.17) is 11.6 Å². The number of phenolic OH excluding ortho intramolecular Hbond substituents is 1. The van der Waals surface area contributed by atoms with E-state index in [2.05, 4.69) is 0 Å². The monoisotopic (exact) mass is 295 g/mol. The van der Waals surface area contributed by atoms with Crippen LogP contribution < -0.4 is 0 Å². The van der Waals surface area contributed by atoms with Crippen LogP contribution in [0, 0.1) is 0 Å². The lowest BCUT2D eigenvalue weighted by Crippen LogP contribution is -2.28. The van der Waals surface area contributed by atoms with Gasteiger partial charge in [0.15, 0.2) is 0 Å². The summed E-state index contributed by atoms with van der Waals surface area (Å²) in [4.78, 5) is 15.0. The van der Waals surface area contributed by atoms with Crippen LogP contribution >= 0.6 is 22.9 Å². The van der Waals surface area contributed by atoms with Crippen molar-refractivity contribution in [3.8, 4) is 5.75 Å². The number of aromatic hydroxyl groups is 1. The van der Waals surface area contributed by atoms with Crippen molar-refractivity contribution >= 4 is 28.8 Å². The van der Waals surface area contributed by atoms with E-state index in [1.165, 1.54) is 17.0 Å². The zero-order valence-electron chi connectivity index (χ0n) is 10.5. The van der Waals surface area contributed by atoms with Crippen LogP contribution in [0.1, 0.15) is 15.2 Å². The van der Waals surface area contributed by atoms with E-state index in [1.54, 1.807) is 29.4 Å². The van der Waals surface area contributed by atoms with E-state index < -0.39 is 0 Å². The molecule has 19 heavy (non-hydrogen) atoms. The number of likely N-dealkylation sites (N-methyl/N-ethyl adjacent to an activating group) is 1. The highest BCUT2D eigenvalue weighted by molar-refractivity contribution is 7.09. The third kappa shape index (κ3) is 3.49. The number of carbonyl (C=O) groups excluding carboxylic acids is 1. The minimum absolute atomic E-state index is 0.0441. The molecule has 0 aliphatic rings. The van der Waals surface area contributed by atoms with Gasteiger partial charge in [-0.05, 0) is 36.1 Å². The Hall–Kier alpha value is -1.52. The molecule has 1 amide bonds. The van der Waals surface area contributed by atoms with Crippen molar-refractivity contribution in [2.45, 2.75) is 6.42 Å². The van der Waals surface area contributed by atoms with E-state index in [1.807, 2.05) is 17.5 Å². The summed E-state index contributed by atoms with van der Waals surface area (Å²) in [6.07, 6.45) is 0.807. The Balaban J connectivity index is 2.04. The third-order valence-electron chi connectivity index (χ3n) is 2.81. The van der Waals surface area contributed by atoms with Crippen molar-refractivity contribution in [2.75, 3.05) is 13.6 Å². The molecular formula is C14H14ClNO2S. The first kappa shape index (κ1) is 13.9. The van der Waals surface area contributed by atoms with Gasteiger partial charge in [-0.3, -0.25) is 4.79 Å². The molecule has 100 valence electrons. The summed E-state index contributed by atoms with van der Waals surface area (Å²) in [5.41, 5.74) is 0.237. The predicted octanol–water partition coefficient (Wildman–Crippen LogP) is 3.42. The van der Waals surface area contributed by atoms with E-state index in [9.17, 15) is 9.90 Å². The summed E-state index contributed by atoms with van der Waals surface area (Å²) in [6, 6.07) is 8.51. The van der Waals surface area contributed by atoms with Gasteiger partial charge in [0.25, 0.3) is 5.91 Å². The molecule has 1 aromatic heterocycles. The Kier molecular flexibility index (Phi) is 4.45. The number of halogens is 1. The van der Waals surface area contributed by atoms with Crippen molar-refractivity contribution < 1.29 is 9.90 Å². The molecule has 0 saturated carbocycles. The maximum atomic E-state index is 12.2. The molecule has 1 heterocycles. The van der Waals surface area contributed by atoms with Crippen molar-refractivity contribution in [2.24, 2.45) is 0 Å². The molecule has 0 bridgehead atoms. The number of hydrogen-bond acceptors (Lipinski definition) is 3. The molecule has 0 spiro atoms. The molecule has 0 unspecified atom stereocenters. The first-order valence-electron chi connectivity index (χ1n) is 5.84. The SMILES string of the molecule is CN(CCc1cccs1)C(=O)c1cc(Cl)ccc1O. The van der Waals surface area contributed by atoms with Gasteiger partial charge in [-0.2, -0.15) is 0 Å². The average molecular weight is 296 g/mol. The fourth-order valence-corrected chi connectivity index (χ4v) is 2.59. The number of thiophene rings is 1. The molecule has 1 N–H and O–H groups in total. The Morgan fingerprint density at radius 2 is 2.21 bits per heavy atom. The largest absolute Gasteiger partial charge is 0.507 e. The summed E-state index contributed by atoms with van der Waals surface area (Å²) in [7, 11) is 1.72. The number of carbonyl (C=O) groups is 1. The van der Waals surface area contributed by atoms with E-state index in [0.29, 0.717) is 11.6 Å². The molecule has 0 aliphatic heterocycles. The topological polar surface area (TPSA) is 40.5 Å². The van der Waals surface area contributed by atoms with Crippen LogP contribution in [-0.2, 0) is 6.42 Å². The van der Waals surface area contributed by atoms with Crippen LogP contribution in [0.2, 0.25) is 5.02 Å². The lowest BCUT2D eigenvalue weighted by atomic mass is 10.1. The standard InChI is InChI=1S/C14H14ClNO2S/c1-16(7-6-11-3-2-8-19-11)14(18)12-9-10(15)4-5-13(12)17/h2-5,8-9,17H,6-7H2,1H3. The minimum Gasteiger partial charge on any atom is -0.507 e. The van der Waals surface area contributed by atoms with Crippen molar-refractivity contribution in [1.82, 2.24) is 4.90 Å². The molecule has 3 nitrogen and oxygen atoms in total. The summed E-state index contributed by atoms with van der Waals surface area (Å²) >= 11 is 7.51. The van der Waals surface area contributed by atoms with E-state index >= 15 is 0 Å². The lowest BCUT2D eigenvalue weighted by molar-refractivity contribution is 0.0794. The number of phenols is 1. The number of amides is 1. The molecule has 0 aliphatic carbocycles. The molecular weight excluding hydrogens is 282 g/mol. The smallest absolute Gasteiger partial charge is 0.257 e. The fraction of sp³-hybridized carbons (Fsp3) is 0.214. The quantitative estimate of drug-likeness (QED) is 0.939. The van der Waals surface area contributed by atoms with Crippen molar-refractivity contribution in [3.63, 3.8) is 0 Å². The van der Waals surface area contributed by atoms with Gasteiger partial charge in [0.05, 0.1) is 5.56 Å². The highest BCUT2D eigenvalue weighted by atomic mass is 35.5. The van der Waals surface area contributed by atoms with Crippen LogP contribution in [0.5, 0.6) is 5.75 Å². The van der Waals surface area contributed by atoms with Gasteiger partial charge < -0.3 is 10.0 Å². The van der Waals surface area contributed by atoms with Gasteiger partial charge >= 0.3 is 0 Å². The fourth-order valence-electron chi connectivity index (χ4n) is 1.72. The molecule has 1 aromatic carbocycles. The molecule has 0 atom stereocenters. The third-order valence-corrected chi connectivity index (χ3v) is 3.98. The summed E-state index contributed by atoms with van der Waals surface area (Å²) in [5.74, 6) is -0.270. The van der Waals surface area contributed by atoms with Gasteiger partial charge in [0, 0.05) is 23.5 Å². The predicted molar refractivity (Wildman–Crippen MR) is 78.1 cm³/mol. The maximum Gasteiger partial charge on any atom is 0.257 e. The first-order valence-corrected chi connectivity index (χ1v) is 7.10. The Morgan fingerprint density at radius 3 is 2.89 bits per heavy atom. The summed E-state index contributed by atoms with van der Waals surface area (Å²) in [6.45, 7) is 0.602. The number of hydrogen-bond donors (Lipinski definition) is 1. The van der Waals surface area contributed by atoms with Crippen LogP contribution in [0.25, 0.3) is 0 Å². The first-order chi connectivity index (χ1) is 9.08. The summed E-state index contributed by atoms with van der Waals surface area (Å²) in [5, 5.41) is 12.2. The van der Waals surface area contributed by atoms with Crippen LogP contribution in [0.3, 0.4) is 0 Å². The zero-order valence-corrected chi connectivity index (χ0v) is 12.0. The second-order valence-corrected chi connectivity index (χ2v) is 5.69. The number of nitrogens with zero attached hydrogens (tertiary/aromatic N) is 1. The Labute approximate surface area is 121 Å². The van der Waals surface area contributed by atoms with Crippen LogP contribution in [0.4, 0.5) is 0 Å². The lowest BCUT2D eigenvalue weighted by Gasteiger charge is -2.17. The average Bonchev–Trinajstić information content (AvgIpc) is 2.91. The van der Waals surface area contributed by atoms with E-state index in [-0.39, 0.29) is 17.2 Å². The number of benzene rings is 1. The highest BCUT2D eigenvalue weighted by Crippen LogP contribution is 2.22. The summed E-state index contributed by atoms with van der Waals surface area (Å²) < 4.78 is 0. The van der Waals surface area contributed by atoms with Gasteiger partial charge in [-0.15, -0.1) is 11.3 Å². The Bertz CT molecular complexity index is 569. The maximum absolute atomic E-state index is 12.2. The zero-order chi connectivity index (χ0) is 13.8.